The van der Waals surface area contributed by atoms with Crippen LogP contribution in [0.15, 0.2) is 18.2 Å². The van der Waals surface area contributed by atoms with E-state index in [4.69, 9.17) is 5.73 Å². The van der Waals surface area contributed by atoms with E-state index in [-0.39, 0.29) is 5.75 Å². The van der Waals surface area contributed by atoms with Crippen LogP contribution in [0.4, 0.5) is 14.5 Å². The summed E-state index contributed by atoms with van der Waals surface area (Å²) in [5, 5.41) is 2.17. The summed E-state index contributed by atoms with van der Waals surface area (Å²) < 4.78 is 31.1. The van der Waals surface area contributed by atoms with Gasteiger partial charge in [0.25, 0.3) is 0 Å². The van der Waals surface area contributed by atoms with Gasteiger partial charge in [-0.1, -0.05) is 6.07 Å². The molecule has 3 N–H and O–H groups in total. The minimum atomic E-state index is -0.832. The molecule has 1 unspecified atom stereocenters. The van der Waals surface area contributed by atoms with Gasteiger partial charge in [0.2, 0.25) is 5.91 Å². The second kappa shape index (κ2) is 8.58. The number of halogens is 2. The van der Waals surface area contributed by atoms with E-state index < -0.39 is 35.2 Å². The minimum absolute atomic E-state index is 0.00165. The molecule has 116 valence electrons. The highest BCUT2D eigenvalue weighted by Crippen LogP contribution is 2.18. The van der Waals surface area contributed by atoms with Crippen molar-refractivity contribution in [1.82, 2.24) is 0 Å². The van der Waals surface area contributed by atoms with Gasteiger partial charge in [0, 0.05) is 0 Å². The molecule has 1 aromatic carbocycles. The van der Waals surface area contributed by atoms with Crippen molar-refractivity contribution in [2.45, 2.75) is 12.5 Å². The third-order valence-corrected chi connectivity index (χ3v) is 3.53. The summed E-state index contributed by atoms with van der Waals surface area (Å²) in [7, 11) is 1.24. The summed E-state index contributed by atoms with van der Waals surface area (Å²) in [4.78, 5) is 22.6. The van der Waals surface area contributed by atoms with Gasteiger partial charge in [-0.2, -0.15) is 11.8 Å². The molecule has 8 heteroatoms. The van der Waals surface area contributed by atoms with Crippen molar-refractivity contribution in [2.75, 3.05) is 23.9 Å². The van der Waals surface area contributed by atoms with Gasteiger partial charge in [0.15, 0.2) is 0 Å². The summed E-state index contributed by atoms with van der Waals surface area (Å²) in [5.41, 5.74) is 5.06. The molecule has 1 aromatic rings. The van der Waals surface area contributed by atoms with Crippen LogP contribution in [0.5, 0.6) is 0 Å². The molecule has 0 radical (unpaired) electrons. The molecule has 1 rings (SSSR count). The van der Waals surface area contributed by atoms with Gasteiger partial charge in [-0.15, -0.1) is 0 Å². The Bertz CT molecular complexity index is 494. The summed E-state index contributed by atoms with van der Waals surface area (Å²) >= 11 is 1.20. The number of hydrogen-bond acceptors (Lipinski definition) is 5. The van der Waals surface area contributed by atoms with Gasteiger partial charge in [0.05, 0.1) is 12.9 Å². The lowest BCUT2D eigenvalue weighted by Gasteiger charge is -2.09. The smallest absolute Gasteiger partial charge is 0.322 e. The SMILES string of the molecule is COC(=O)C(N)CCSCC(=O)Nc1c(F)cccc1F. The Hall–Kier alpha value is -1.67. The quantitative estimate of drug-likeness (QED) is 0.588. The number of carbonyl (C=O) groups is 2. The monoisotopic (exact) mass is 318 g/mol. The fourth-order valence-electron chi connectivity index (χ4n) is 1.44. The average molecular weight is 318 g/mol. The number of thioether (sulfide) groups is 1. The van der Waals surface area contributed by atoms with Crippen LogP contribution in [0.1, 0.15) is 6.42 Å². The molecule has 0 saturated carbocycles. The number of hydrogen-bond donors (Lipinski definition) is 2. The van der Waals surface area contributed by atoms with E-state index in [0.717, 1.165) is 12.1 Å². The van der Waals surface area contributed by atoms with Crippen molar-refractivity contribution in [3.05, 3.63) is 29.8 Å². The second-order valence-corrected chi connectivity index (χ2v) is 5.22. The van der Waals surface area contributed by atoms with E-state index in [2.05, 4.69) is 10.1 Å². The van der Waals surface area contributed by atoms with Crippen molar-refractivity contribution >= 4 is 29.3 Å². The first kappa shape index (κ1) is 17.4. The fourth-order valence-corrected chi connectivity index (χ4v) is 2.26. The van der Waals surface area contributed by atoms with Crippen molar-refractivity contribution < 1.29 is 23.1 Å². The Morgan fingerprint density at radius 2 is 2.00 bits per heavy atom. The number of para-hydroxylation sites is 1. The Morgan fingerprint density at radius 3 is 2.57 bits per heavy atom. The van der Waals surface area contributed by atoms with Crippen LogP contribution in [0, 0.1) is 11.6 Å². The van der Waals surface area contributed by atoms with E-state index in [1.165, 1.54) is 24.9 Å². The summed E-state index contributed by atoms with van der Waals surface area (Å²) in [6.45, 7) is 0. The molecular formula is C13H16F2N2O3S. The fraction of sp³-hybridized carbons (Fsp3) is 0.385. The van der Waals surface area contributed by atoms with Crippen LogP contribution in [0.3, 0.4) is 0 Å². The van der Waals surface area contributed by atoms with E-state index in [1.807, 2.05) is 0 Å². The molecular weight excluding hydrogens is 302 g/mol. The number of nitrogens with one attached hydrogen (secondary N) is 1. The number of ether oxygens (including phenoxy) is 1. The molecule has 0 aliphatic carbocycles. The maximum absolute atomic E-state index is 13.3. The molecule has 21 heavy (non-hydrogen) atoms. The van der Waals surface area contributed by atoms with Crippen molar-refractivity contribution in [3.63, 3.8) is 0 Å². The molecule has 0 aliphatic heterocycles. The maximum atomic E-state index is 13.3. The second-order valence-electron chi connectivity index (χ2n) is 4.12. The lowest BCUT2D eigenvalue weighted by molar-refractivity contribution is -0.142. The van der Waals surface area contributed by atoms with Gasteiger partial charge >= 0.3 is 5.97 Å². The molecule has 0 saturated heterocycles. The van der Waals surface area contributed by atoms with Crippen molar-refractivity contribution in [2.24, 2.45) is 5.73 Å². The van der Waals surface area contributed by atoms with Crippen LogP contribution in [-0.4, -0.2) is 36.5 Å². The Morgan fingerprint density at radius 1 is 1.38 bits per heavy atom. The zero-order chi connectivity index (χ0) is 15.8. The topological polar surface area (TPSA) is 81.4 Å². The average Bonchev–Trinajstić information content (AvgIpc) is 2.46. The summed E-state index contributed by atoms with van der Waals surface area (Å²) in [6, 6.07) is 2.58. The number of carbonyl (C=O) groups excluding carboxylic acids is 2. The number of nitrogens with two attached hydrogens (primary N) is 1. The molecule has 0 fully saturated rings. The molecule has 5 nitrogen and oxygen atoms in total. The molecule has 1 amide bonds. The number of rotatable bonds is 7. The predicted octanol–water partition coefficient (Wildman–Crippen LogP) is 1.53. The zero-order valence-corrected chi connectivity index (χ0v) is 12.2. The lowest BCUT2D eigenvalue weighted by Crippen LogP contribution is -2.32. The molecule has 1 atom stereocenters. The van der Waals surface area contributed by atoms with E-state index >= 15 is 0 Å². The number of methoxy groups -OCH3 is 1. The van der Waals surface area contributed by atoms with Gasteiger partial charge < -0.3 is 15.8 Å². The highest BCUT2D eigenvalue weighted by molar-refractivity contribution is 7.99. The highest BCUT2D eigenvalue weighted by atomic mass is 32.2. The van der Waals surface area contributed by atoms with Crippen molar-refractivity contribution in [3.8, 4) is 0 Å². The number of benzene rings is 1. The lowest BCUT2D eigenvalue weighted by atomic mass is 10.2. The molecule has 0 spiro atoms. The normalized spacial score (nSPS) is 11.8. The zero-order valence-electron chi connectivity index (χ0n) is 11.4. The predicted molar refractivity (Wildman–Crippen MR) is 76.9 cm³/mol. The Balaban J connectivity index is 2.34. The minimum Gasteiger partial charge on any atom is -0.468 e. The van der Waals surface area contributed by atoms with Gasteiger partial charge in [-0.05, 0) is 24.3 Å². The standard InChI is InChI=1S/C13H16F2N2O3S/c1-20-13(19)10(16)5-6-21-7-11(18)17-12-8(14)3-2-4-9(12)15/h2-4,10H,5-7,16H2,1H3,(H,17,18). The van der Waals surface area contributed by atoms with E-state index in [0.29, 0.717) is 12.2 Å². The Labute approximate surface area is 125 Å². The van der Waals surface area contributed by atoms with Gasteiger partial charge in [-0.3, -0.25) is 9.59 Å². The maximum Gasteiger partial charge on any atom is 0.322 e. The van der Waals surface area contributed by atoms with Crippen LogP contribution < -0.4 is 11.1 Å². The number of amides is 1. The first-order valence-electron chi connectivity index (χ1n) is 6.10. The third-order valence-electron chi connectivity index (χ3n) is 2.54. The first-order chi connectivity index (χ1) is 9.95. The van der Waals surface area contributed by atoms with E-state index in [1.54, 1.807) is 0 Å². The number of esters is 1. The van der Waals surface area contributed by atoms with Crippen LogP contribution >= 0.6 is 11.8 Å². The molecule has 0 bridgehead atoms. The van der Waals surface area contributed by atoms with E-state index in [9.17, 15) is 18.4 Å². The third kappa shape index (κ3) is 5.68. The van der Waals surface area contributed by atoms with Crippen LogP contribution in [-0.2, 0) is 14.3 Å². The summed E-state index contributed by atoms with van der Waals surface area (Å²) in [5.74, 6) is -2.27. The van der Waals surface area contributed by atoms with Gasteiger partial charge in [-0.25, -0.2) is 8.78 Å². The largest absolute Gasteiger partial charge is 0.468 e. The van der Waals surface area contributed by atoms with Crippen LogP contribution in [0.25, 0.3) is 0 Å². The molecule has 0 heterocycles. The highest BCUT2D eigenvalue weighted by Gasteiger charge is 2.14. The summed E-state index contributed by atoms with van der Waals surface area (Å²) in [6.07, 6.45) is 0.346. The molecule has 0 aromatic heterocycles. The van der Waals surface area contributed by atoms with Crippen molar-refractivity contribution in [1.29, 1.82) is 0 Å². The molecule has 0 aliphatic rings. The first-order valence-corrected chi connectivity index (χ1v) is 7.26. The van der Waals surface area contributed by atoms with Gasteiger partial charge in [0.1, 0.15) is 23.4 Å². The number of anilines is 1. The van der Waals surface area contributed by atoms with Crippen LogP contribution in [0.2, 0.25) is 0 Å². The Kier molecular flexibility index (Phi) is 7.10.